The molecule has 0 aliphatic heterocycles. The zero-order chi connectivity index (χ0) is 26.5. The van der Waals surface area contributed by atoms with Crippen LogP contribution in [0.1, 0.15) is 57.2 Å². The Labute approximate surface area is 215 Å². The summed E-state index contributed by atoms with van der Waals surface area (Å²) in [4.78, 5) is 1.61. The topological polar surface area (TPSA) is 85.2 Å². The van der Waals surface area contributed by atoms with Crippen LogP contribution in [0.2, 0.25) is 0 Å². The second-order valence-electron chi connectivity index (χ2n) is 9.11. The van der Waals surface area contributed by atoms with Crippen molar-refractivity contribution in [1.82, 2.24) is 30.0 Å². The Morgan fingerprint density at radius 3 is 2.19 bits per heavy atom. The minimum Gasteiger partial charge on any atom is -0.252 e. The predicted molar refractivity (Wildman–Crippen MR) is 146 cm³/mol. The Morgan fingerprint density at radius 1 is 1.03 bits per heavy atom. The highest BCUT2D eigenvalue weighted by atomic mass is 15.5. The summed E-state index contributed by atoms with van der Waals surface area (Å²) in [5.41, 5.74) is 7.62. The van der Waals surface area contributed by atoms with Gasteiger partial charge in [-0.05, 0) is 50.8 Å². The maximum Gasteiger partial charge on any atom is 0.113 e. The fraction of sp³-hybridized carbons (Fsp3) is 0.345. The Hall–Kier alpha value is -4.05. The van der Waals surface area contributed by atoms with Gasteiger partial charge in [-0.2, -0.15) is 20.3 Å². The standard InChI is InChI=1S/C13H17N3.C12H13N3.C4H7N/c1-10(2)8-16-9-13(14-15-16)12-6-4-11(3)5-7-12;1-9(2)11-8-10(3)4-5-12(11)15-13-6-7-14-15;1-2-3-4-5/h4-7,9-10H,8H2,1-3H3;4-8H,1H2,2-3H3;2-3H2,1H3. The summed E-state index contributed by atoms with van der Waals surface area (Å²) in [7, 11) is 0. The lowest BCUT2D eigenvalue weighted by Crippen LogP contribution is -2.04. The molecule has 0 aliphatic rings. The molecule has 7 nitrogen and oxygen atoms in total. The smallest absolute Gasteiger partial charge is 0.113 e. The summed E-state index contributed by atoms with van der Waals surface area (Å²) in [5, 5.41) is 24.4. The molecular formula is C29H37N7. The van der Waals surface area contributed by atoms with Gasteiger partial charge in [-0.3, -0.25) is 4.68 Å². The number of nitriles is 1. The first-order valence-corrected chi connectivity index (χ1v) is 12.2. The van der Waals surface area contributed by atoms with Gasteiger partial charge in [-0.15, -0.1) is 5.10 Å². The lowest BCUT2D eigenvalue weighted by molar-refractivity contribution is 0.472. The van der Waals surface area contributed by atoms with E-state index in [1.165, 1.54) is 11.1 Å². The van der Waals surface area contributed by atoms with Crippen molar-refractivity contribution in [2.24, 2.45) is 5.92 Å². The SMILES string of the molecule is C=C(C)c1cc(C)ccc1-n1nccn1.CCCC#N.Cc1ccc(-c2cn(CC(C)C)nn2)cc1. The van der Waals surface area contributed by atoms with Gasteiger partial charge in [0.15, 0.2) is 0 Å². The van der Waals surface area contributed by atoms with E-state index in [9.17, 15) is 0 Å². The maximum atomic E-state index is 7.82. The van der Waals surface area contributed by atoms with E-state index in [2.05, 4.69) is 85.1 Å². The fourth-order valence-corrected chi connectivity index (χ4v) is 3.24. The summed E-state index contributed by atoms with van der Waals surface area (Å²) >= 11 is 0. The summed E-state index contributed by atoms with van der Waals surface area (Å²) < 4.78 is 1.90. The van der Waals surface area contributed by atoms with E-state index in [0.29, 0.717) is 12.3 Å². The van der Waals surface area contributed by atoms with Crippen molar-refractivity contribution in [3.05, 3.63) is 84.3 Å². The molecular weight excluding hydrogens is 446 g/mol. The minimum absolute atomic E-state index is 0.590. The molecule has 0 unspecified atom stereocenters. The first-order valence-electron chi connectivity index (χ1n) is 12.2. The van der Waals surface area contributed by atoms with E-state index in [-0.39, 0.29) is 0 Å². The molecule has 2 heterocycles. The number of rotatable bonds is 6. The van der Waals surface area contributed by atoms with Crippen molar-refractivity contribution < 1.29 is 0 Å². The molecule has 0 radical (unpaired) electrons. The van der Waals surface area contributed by atoms with Crippen LogP contribution in [0.5, 0.6) is 0 Å². The molecule has 0 N–H and O–H groups in total. The van der Waals surface area contributed by atoms with Gasteiger partial charge in [-0.25, -0.2) is 0 Å². The summed E-state index contributed by atoms with van der Waals surface area (Å²) in [5.74, 6) is 0.590. The number of hydrogen-bond acceptors (Lipinski definition) is 5. The van der Waals surface area contributed by atoms with Gasteiger partial charge in [0.1, 0.15) is 5.69 Å². The molecule has 0 saturated carbocycles. The number of hydrogen-bond donors (Lipinski definition) is 0. The fourth-order valence-electron chi connectivity index (χ4n) is 3.24. The van der Waals surface area contributed by atoms with E-state index in [0.717, 1.165) is 41.0 Å². The van der Waals surface area contributed by atoms with Crippen molar-refractivity contribution in [3.8, 4) is 23.0 Å². The van der Waals surface area contributed by atoms with Crippen LogP contribution in [0.15, 0.2) is 67.6 Å². The van der Waals surface area contributed by atoms with Crippen LogP contribution < -0.4 is 0 Å². The Kier molecular flexibility index (Phi) is 11.3. The van der Waals surface area contributed by atoms with Crippen molar-refractivity contribution in [2.45, 2.75) is 60.9 Å². The van der Waals surface area contributed by atoms with Crippen LogP contribution in [0.4, 0.5) is 0 Å². The van der Waals surface area contributed by atoms with Crippen molar-refractivity contribution >= 4 is 5.57 Å². The van der Waals surface area contributed by atoms with E-state index in [4.69, 9.17) is 5.26 Å². The van der Waals surface area contributed by atoms with Gasteiger partial charge < -0.3 is 0 Å². The van der Waals surface area contributed by atoms with Crippen LogP contribution >= 0.6 is 0 Å². The third-order valence-electron chi connectivity index (χ3n) is 5.05. The highest BCUT2D eigenvalue weighted by Crippen LogP contribution is 2.21. The summed E-state index contributed by atoms with van der Waals surface area (Å²) in [6.45, 7) is 17.4. The summed E-state index contributed by atoms with van der Waals surface area (Å²) in [6, 6.07) is 16.5. The van der Waals surface area contributed by atoms with Gasteiger partial charge in [0.2, 0.25) is 0 Å². The zero-order valence-electron chi connectivity index (χ0n) is 22.3. The largest absolute Gasteiger partial charge is 0.252 e. The first-order chi connectivity index (χ1) is 17.2. The molecule has 4 aromatic rings. The average Bonchev–Trinajstić information content (AvgIpc) is 3.53. The Morgan fingerprint density at radius 2 is 1.67 bits per heavy atom. The Balaban J connectivity index is 0.000000215. The molecule has 0 saturated heterocycles. The molecule has 2 aromatic carbocycles. The number of aryl methyl sites for hydroxylation is 2. The molecule has 0 amide bonds. The van der Waals surface area contributed by atoms with Crippen LogP contribution in [0.25, 0.3) is 22.5 Å². The maximum absolute atomic E-state index is 7.82. The molecule has 0 spiro atoms. The third-order valence-corrected chi connectivity index (χ3v) is 5.05. The van der Waals surface area contributed by atoms with E-state index >= 15 is 0 Å². The number of unbranched alkanes of at least 4 members (excludes halogenated alkanes) is 1. The lowest BCUT2D eigenvalue weighted by atomic mass is 10.0. The minimum atomic E-state index is 0.590. The third kappa shape index (κ3) is 8.95. The van der Waals surface area contributed by atoms with Gasteiger partial charge in [-0.1, -0.05) is 74.0 Å². The lowest BCUT2D eigenvalue weighted by Gasteiger charge is -2.08. The van der Waals surface area contributed by atoms with E-state index < -0.39 is 0 Å². The van der Waals surface area contributed by atoms with Crippen LogP contribution in [-0.4, -0.2) is 30.0 Å². The molecule has 0 atom stereocenters. The molecule has 188 valence electrons. The normalized spacial score (nSPS) is 10.1. The molecule has 7 heteroatoms. The van der Waals surface area contributed by atoms with E-state index in [1.54, 1.807) is 17.2 Å². The summed E-state index contributed by atoms with van der Waals surface area (Å²) in [6.07, 6.45) is 7.02. The molecule has 4 rings (SSSR count). The van der Waals surface area contributed by atoms with Crippen molar-refractivity contribution in [2.75, 3.05) is 0 Å². The molecule has 0 aliphatic carbocycles. The molecule has 0 bridgehead atoms. The zero-order valence-corrected chi connectivity index (χ0v) is 22.3. The van der Waals surface area contributed by atoms with E-state index in [1.807, 2.05) is 42.9 Å². The first kappa shape index (κ1) is 28.2. The van der Waals surface area contributed by atoms with Gasteiger partial charge in [0.05, 0.1) is 30.3 Å². The highest BCUT2D eigenvalue weighted by molar-refractivity contribution is 5.69. The molecule has 36 heavy (non-hydrogen) atoms. The highest BCUT2D eigenvalue weighted by Gasteiger charge is 2.07. The van der Waals surface area contributed by atoms with Crippen LogP contribution in [-0.2, 0) is 6.54 Å². The number of nitrogens with zero attached hydrogens (tertiary/aromatic N) is 7. The van der Waals surface area contributed by atoms with Crippen LogP contribution in [0, 0.1) is 31.1 Å². The van der Waals surface area contributed by atoms with Crippen molar-refractivity contribution in [1.29, 1.82) is 5.26 Å². The number of allylic oxidation sites excluding steroid dienone is 1. The Bertz CT molecular complexity index is 1240. The van der Waals surface area contributed by atoms with Gasteiger partial charge in [0, 0.05) is 24.1 Å². The van der Waals surface area contributed by atoms with Gasteiger partial charge >= 0.3 is 0 Å². The number of benzene rings is 2. The monoisotopic (exact) mass is 483 g/mol. The van der Waals surface area contributed by atoms with Crippen LogP contribution in [0.3, 0.4) is 0 Å². The second kappa shape index (κ2) is 14.4. The van der Waals surface area contributed by atoms with Gasteiger partial charge in [0.25, 0.3) is 0 Å². The molecule has 2 aromatic heterocycles. The quantitative estimate of drug-likeness (QED) is 0.300. The average molecular weight is 484 g/mol. The second-order valence-corrected chi connectivity index (χ2v) is 9.11. The predicted octanol–water partition coefficient (Wildman–Crippen LogP) is 6.83. The van der Waals surface area contributed by atoms with Crippen molar-refractivity contribution in [3.63, 3.8) is 0 Å². The molecule has 0 fully saturated rings. The number of aromatic nitrogens is 6.